The Morgan fingerprint density at radius 3 is 2.75 bits per heavy atom. The van der Waals surface area contributed by atoms with Crippen LogP contribution < -0.4 is 4.72 Å². The normalized spacial score (nSPS) is 11.5. The number of nitrogens with one attached hydrogen (secondary N) is 1. The van der Waals surface area contributed by atoms with Crippen LogP contribution in [0.1, 0.15) is 16.8 Å². The van der Waals surface area contributed by atoms with Crippen molar-refractivity contribution in [2.75, 3.05) is 0 Å². The highest BCUT2D eigenvalue weighted by molar-refractivity contribution is 7.89. The van der Waals surface area contributed by atoms with E-state index in [9.17, 15) is 8.42 Å². The van der Waals surface area contributed by atoms with Gasteiger partial charge in [0.25, 0.3) is 0 Å². The van der Waals surface area contributed by atoms with E-state index in [0.29, 0.717) is 11.3 Å². The lowest BCUT2D eigenvalue weighted by Crippen LogP contribution is -2.24. The number of hydrogen-bond acceptors (Lipinski definition) is 4. The molecule has 20 heavy (non-hydrogen) atoms. The molecule has 106 valence electrons. The zero-order valence-corrected chi connectivity index (χ0v) is 11.9. The summed E-state index contributed by atoms with van der Waals surface area (Å²) in [6, 6.07) is 9.90. The van der Waals surface area contributed by atoms with Crippen LogP contribution >= 0.6 is 0 Å². The monoisotopic (exact) mass is 292 g/mol. The molecule has 1 heterocycles. The van der Waals surface area contributed by atoms with E-state index in [2.05, 4.69) is 9.71 Å². The SMILES string of the molecule is Cc1cccnc1CNS(=O)(=O)c1cccc(CO)c1. The minimum absolute atomic E-state index is 0.137. The summed E-state index contributed by atoms with van der Waals surface area (Å²) in [5.41, 5.74) is 2.18. The van der Waals surface area contributed by atoms with Gasteiger partial charge in [0.05, 0.1) is 23.7 Å². The lowest BCUT2D eigenvalue weighted by atomic mass is 10.2. The van der Waals surface area contributed by atoms with Gasteiger partial charge in [-0.05, 0) is 36.2 Å². The Balaban J connectivity index is 2.17. The van der Waals surface area contributed by atoms with Gasteiger partial charge < -0.3 is 5.11 Å². The molecule has 0 unspecified atom stereocenters. The summed E-state index contributed by atoms with van der Waals surface area (Å²) in [7, 11) is -3.61. The van der Waals surface area contributed by atoms with E-state index in [0.717, 1.165) is 5.56 Å². The van der Waals surface area contributed by atoms with E-state index in [1.807, 2.05) is 13.0 Å². The second-order valence-electron chi connectivity index (χ2n) is 4.40. The van der Waals surface area contributed by atoms with Crippen molar-refractivity contribution in [3.05, 3.63) is 59.4 Å². The average molecular weight is 292 g/mol. The molecule has 0 radical (unpaired) electrons. The molecular formula is C14H16N2O3S. The van der Waals surface area contributed by atoms with Crippen LogP contribution in [0.5, 0.6) is 0 Å². The number of aliphatic hydroxyl groups is 1. The van der Waals surface area contributed by atoms with E-state index >= 15 is 0 Å². The van der Waals surface area contributed by atoms with Gasteiger partial charge in [-0.15, -0.1) is 0 Å². The zero-order valence-electron chi connectivity index (χ0n) is 11.1. The van der Waals surface area contributed by atoms with Gasteiger partial charge in [-0.25, -0.2) is 13.1 Å². The van der Waals surface area contributed by atoms with Gasteiger partial charge in [0, 0.05) is 6.20 Å². The predicted octanol–water partition coefficient (Wildman–Crippen LogP) is 1.36. The van der Waals surface area contributed by atoms with Crippen LogP contribution in [-0.4, -0.2) is 18.5 Å². The van der Waals surface area contributed by atoms with Crippen LogP contribution in [-0.2, 0) is 23.2 Å². The zero-order chi connectivity index (χ0) is 14.6. The van der Waals surface area contributed by atoms with Gasteiger partial charge in [0.1, 0.15) is 0 Å². The Morgan fingerprint density at radius 2 is 2.05 bits per heavy atom. The molecule has 2 N–H and O–H groups in total. The molecular weight excluding hydrogens is 276 g/mol. The minimum Gasteiger partial charge on any atom is -0.392 e. The summed E-state index contributed by atoms with van der Waals surface area (Å²) in [4.78, 5) is 4.28. The molecule has 0 atom stereocenters. The molecule has 2 rings (SSSR count). The number of aromatic nitrogens is 1. The second-order valence-corrected chi connectivity index (χ2v) is 6.16. The van der Waals surface area contributed by atoms with E-state index in [-0.39, 0.29) is 18.0 Å². The van der Waals surface area contributed by atoms with E-state index in [1.165, 1.54) is 12.1 Å². The maximum Gasteiger partial charge on any atom is 0.240 e. The number of aryl methyl sites for hydroxylation is 1. The maximum atomic E-state index is 12.2. The topological polar surface area (TPSA) is 79.3 Å². The highest BCUT2D eigenvalue weighted by Crippen LogP contribution is 2.12. The molecule has 0 aliphatic carbocycles. The van der Waals surface area contributed by atoms with Crippen LogP contribution in [0.3, 0.4) is 0 Å². The first-order valence-electron chi connectivity index (χ1n) is 6.13. The Hall–Kier alpha value is -1.76. The molecule has 6 heteroatoms. The first-order chi connectivity index (χ1) is 9.53. The number of pyridine rings is 1. The quantitative estimate of drug-likeness (QED) is 0.872. The van der Waals surface area contributed by atoms with E-state index < -0.39 is 10.0 Å². The summed E-state index contributed by atoms with van der Waals surface area (Å²) in [6.07, 6.45) is 1.63. The van der Waals surface area contributed by atoms with Crippen molar-refractivity contribution in [3.63, 3.8) is 0 Å². The highest BCUT2D eigenvalue weighted by Gasteiger charge is 2.14. The maximum absolute atomic E-state index is 12.2. The Labute approximate surface area is 118 Å². The molecule has 5 nitrogen and oxygen atoms in total. The van der Waals surface area contributed by atoms with Crippen LogP contribution in [0, 0.1) is 6.92 Å². The number of benzene rings is 1. The molecule has 1 aromatic carbocycles. The molecule has 2 aromatic rings. The highest BCUT2D eigenvalue weighted by atomic mass is 32.2. The van der Waals surface area contributed by atoms with E-state index in [1.54, 1.807) is 24.4 Å². The molecule has 0 saturated heterocycles. The summed E-state index contributed by atoms with van der Waals surface area (Å²) in [5.74, 6) is 0. The third-order valence-corrected chi connectivity index (χ3v) is 4.34. The van der Waals surface area contributed by atoms with Crippen molar-refractivity contribution in [2.24, 2.45) is 0 Å². The minimum atomic E-state index is -3.61. The molecule has 0 aliphatic heterocycles. The van der Waals surface area contributed by atoms with Gasteiger partial charge in [-0.1, -0.05) is 18.2 Å². The smallest absolute Gasteiger partial charge is 0.240 e. The lowest BCUT2D eigenvalue weighted by molar-refractivity contribution is 0.281. The lowest BCUT2D eigenvalue weighted by Gasteiger charge is -2.08. The van der Waals surface area contributed by atoms with Crippen LogP contribution in [0.25, 0.3) is 0 Å². The number of aliphatic hydroxyl groups excluding tert-OH is 1. The number of nitrogens with zero attached hydrogens (tertiary/aromatic N) is 1. The predicted molar refractivity (Wildman–Crippen MR) is 75.4 cm³/mol. The molecule has 0 fully saturated rings. The van der Waals surface area contributed by atoms with E-state index in [4.69, 9.17) is 5.11 Å². The van der Waals surface area contributed by atoms with Crippen molar-refractivity contribution in [1.82, 2.24) is 9.71 Å². The standard InChI is InChI=1S/C14H16N2O3S/c1-11-4-3-7-15-14(11)9-16-20(18,19)13-6-2-5-12(8-13)10-17/h2-8,16-17H,9-10H2,1H3. The molecule has 0 bridgehead atoms. The Kier molecular flexibility index (Phi) is 4.49. The van der Waals surface area contributed by atoms with Crippen molar-refractivity contribution in [2.45, 2.75) is 25.0 Å². The third kappa shape index (κ3) is 3.41. The fourth-order valence-corrected chi connectivity index (χ4v) is 2.82. The summed E-state index contributed by atoms with van der Waals surface area (Å²) in [6.45, 7) is 1.82. The second kappa shape index (κ2) is 6.13. The van der Waals surface area contributed by atoms with Crippen LogP contribution in [0.15, 0.2) is 47.5 Å². The molecule has 0 amide bonds. The Morgan fingerprint density at radius 1 is 1.25 bits per heavy atom. The third-order valence-electron chi connectivity index (χ3n) is 2.94. The van der Waals surface area contributed by atoms with Crippen molar-refractivity contribution < 1.29 is 13.5 Å². The first-order valence-corrected chi connectivity index (χ1v) is 7.61. The van der Waals surface area contributed by atoms with Gasteiger partial charge in [-0.2, -0.15) is 0 Å². The van der Waals surface area contributed by atoms with Crippen molar-refractivity contribution in [1.29, 1.82) is 0 Å². The average Bonchev–Trinajstić information content (AvgIpc) is 2.46. The number of sulfonamides is 1. The molecule has 1 aromatic heterocycles. The number of hydrogen-bond donors (Lipinski definition) is 2. The fourth-order valence-electron chi connectivity index (χ4n) is 1.76. The molecule has 0 saturated carbocycles. The fraction of sp³-hybridized carbons (Fsp3) is 0.214. The number of rotatable bonds is 5. The van der Waals surface area contributed by atoms with Crippen molar-refractivity contribution >= 4 is 10.0 Å². The molecule has 0 spiro atoms. The first kappa shape index (κ1) is 14.6. The van der Waals surface area contributed by atoms with Gasteiger partial charge in [-0.3, -0.25) is 4.98 Å². The van der Waals surface area contributed by atoms with Gasteiger partial charge >= 0.3 is 0 Å². The van der Waals surface area contributed by atoms with Crippen LogP contribution in [0.4, 0.5) is 0 Å². The van der Waals surface area contributed by atoms with Crippen LogP contribution in [0.2, 0.25) is 0 Å². The molecule has 0 aliphatic rings. The van der Waals surface area contributed by atoms with Gasteiger partial charge in [0.2, 0.25) is 10.0 Å². The largest absolute Gasteiger partial charge is 0.392 e. The summed E-state index contributed by atoms with van der Waals surface area (Å²) >= 11 is 0. The summed E-state index contributed by atoms with van der Waals surface area (Å²) < 4.78 is 26.8. The van der Waals surface area contributed by atoms with Crippen molar-refractivity contribution in [3.8, 4) is 0 Å². The van der Waals surface area contributed by atoms with Gasteiger partial charge in [0.15, 0.2) is 0 Å². The Bertz CT molecular complexity index is 699. The summed E-state index contributed by atoms with van der Waals surface area (Å²) in [5, 5.41) is 9.05.